The van der Waals surface area contributed by atoms with Gasteiger partial charge in [0.05, 0.1) is 16.4 Å². The molecule has 49 heavy (non-hydrogen) atoms. The first-order valence-electron chi connectivity index (χ1n) is 17.0. The van der Waals surface area contributed by atoms with Gasteiger partial charge in [-0.2, -0.15) is 0 Å². The molecule has 0 unspecified atom stereocenters. The monoisotopic (exact) mass is 622 g/mol. The van der Waals surface area contributed by atoms with Gasteiger partial charge in [0.2, 0.25) is 0 Å². The first-order valence-corrected chi connectivity index (χ1v) is 17.0. The van der Waals surface area contributed by atoms with Crippen LogP contribution in [-0.4, -0.2) is 9.55 Å². The average molecular weight is 623 g/mol. The van der Waals surface area contributed by atoms with Gasteiger partial charge in [-0.15, -0.1) is 0 Å². The SMILES string of the molecule is Cn1c(-c2cccc(-c3ccc4cc5c(cc4c3)C3(c4ccccc4-c4ccccc43)c3ccc4ccccc4c3-5)c2)nc2ccccc21. The Hall–Kier alpha value is -6.25. The van der Waals surface area contributed by atoms with Gasteiger partial charge in [0.25, 0.3) is 0 Å². The number of aromatic nitrogens is 2. The van der Waals surface area contributed by atoms with Crippen molar-refractivity contribution in [2.24, 2.45) is 7.05 Å². The third-order valence-electron chi connectivity index (χ3n) is 11.2. The summed E-state index contributed by atoms with van der Waals surface area (Å²) in [5, 5.41) is 5.10. The van der Waals surface area contributed by atoms with Crippen LogP contribution in [0.1, 0.15) is 22.3 Å². The van der Waals surface area contributed by atoms with Crippen LogP contribution in [0.15, 0.2) is 164 Å². The molecule has 1 spiro atoms. The van der Waals surface area contributed by atoms with Crippen LogP contribution in [0, 0.1) is 0 Å². The van der Waals surface area contributed by atoms with Crippen LogP contribution in [0.4, 0.5) is 0 Å². The number of fused-ring (bicyclic) bond motifs is 14. The fraction of sp³-hybridized carbons (Fsp3) is 0.0426. The quantitative estimate of drug-likeness (QED) is 0.188. The number of para-hydroxylation sites is 2. The summed E-state index contributed by atoms with van der Waals surface area (Å²) in [5.74, 6) is 0.979. The topological polar surface area (TPSA) is 17.8 Å². The van der Waals surface area contributed by atoms with E-state index in [1.165, 1.54) is 77.2 Å². The fourth-order valence-electron chi connectivity index (χ4n) is 9.07. The highest BCUT2D eigenvalue weighted by molar-refractivity contribution is 6.08. The summed E-state index contributed by atoms with van der Waals surface area (Å²) in [6.07, 6.45) is 0. The minimum Gasteiger partial charge on any atom is -0.327 e. The number of hydrogen-bond acceptors (Lipinski definition) is 1. The summed E-state index contributed by atoms with van der Waals surface area (Å²) < 4.78 is 2.19. The molecule has 2 heteroatoms. The number of benzene rings is 8. The normalized spacial score (nSPS) is 13.6. The van der Waals surface area contributed by atoms with E-state index in [2.05, 4.69) is 175 Å². The van der Waals surface area contributed by atoms with Crippen LogP contribution >= 0.6 is 0 Å². The second kappa shape index (κ2) is 9.65. The molecule has 0 atom stereocenters. The van der Waals surface area contributed by atoms with E-state index >= 15 is 0 Å². The van der Waals surface area contributed by atoms with Crippen molar-refractivity contribution >= 4 is 32.6 Å². The molecule has 228 valence electrons. The first kappa shape index (κ1) is 26.8. The van der Waals surface area contributed by atoms with Crippen molar-refractivity contribution in [2.45, 2.75) is 5.41 Å². The molecule has 2 nitrogen and oxygen atoms in total. The Balaban J connectivity index is 1.16. The summed E-state index contributed by atoms with van der Waals surface area (Å²) in [6.45, 7) is 0. The van der Waals surface area contributed by atoms with Crippen molar-refractivity contribution in [1.82, 2.24) is 9.55 Å². The van der Waals surface area contributed by atoms with Gasteiger partial charge in [-0.05, 0) is 114 Å². The third kappa shape index (κ3) is 3.48. The Morgan fingerprint density at radius 3 is 1.98 bits per heavy atom. The van der Waals surface area contributed by atoms with E-state index < -0.39 is 0 Å². The second-order valence-corrected chi connectivity index (χ2v) is 13.6. The molecule has 0 aliphatic heterocycles. The lowest BCUT2D eigenvalue weighted by Gasteiger charge is -2.30. The number of aryl methyl sites for hydroxylation is 1. The van der Waals surface area contributed by atoms with E-state index in [-0.39, 0.29) is 5.41 Å². The lowest BCUT2D eigenvalue weighted by Crippen LogP contribution is -2.25. The summed E-state index contributed by atoms with van der Waals surface area (Å²) >= 11 is 0. The van der Waals surface area contributed by atoms with Gasteiger partial charge in [0.1, 0.15) is 5.82 Å². The summed E-state index contributed by atoms with van der Waals surface area (Å²) in [5.41, 5.74) is 16.1. The first-order chi connectivity index (χ1) is 24.2. The lowest BCUT2D eigenvalue weighted by molar-refractivity contribution is 0.795. The van der Waals surface area contributed by atoms with Gasteiger partial charge < -0.3 is 4.57 Å². The van der Waals surface area contributed by atoms with E-state index in [1.807, 2.05) is 0 Å². The molecule has 1 heterocycles. The van der Waals surface area contributed by atoms with Crippen LogP contribution < -0.4 is 0 Å². The number of hydrogen-bond donors (Lipinski definition) is 0. The van der Waals surface area contributed by atoms with Crippen LogP contribution in [0.5, 0.6) is 0 Å². The molecule has 0 radical (unpaired) electrons. The molecule has 0 saturated heterocycles. The van der Waals surface area contributed by atoms with Gasteiger partial charge in [-0.1, -0.05) is 127 Å². The van der Waals surface area contributed by atoms with E-state index in [1.54, 1.807) is 0 Å². The maximum Gasteiger partial charge on any atom is 0.140 e. The van der Waals surface area contributed by atoms with Gasteiger partial charge in [-0.25, -0.2) is 4.98 Å². The third-order valence-corrected chi connectivity index (χ3v) is 11.2. The highest BCUT2D eigenvalue weighted by Crippen LogP contribution is 2.64. The van der Waals surface area contributed by atoms with Crippen molar-refractivity contribution in [1.29, 1.82) is 0 Å². The predicted octanol–water partition coefficient (Wildman–Crippen LogP) is 11.6. The highest BCUT2D eigenvalue weighted by atomic mass is 15.1. The highest BCUT2D eigenvalue weighted by Gasteiger charge is 2.52. The minimum atomic E-state index is -0.383. The van der Waals surface area contributed by atoms with Crippen LogP contribution in [0.25, 0.3) is 77.3 Å². The Labute approximate surface area is 284 Å². The molecule has 0 fully saturated rings. The molecule has 0 amide bonds. The summed E-state index contributed by atoms with van der Waals surface area (Å²) in [6, 6.07) is 60.8. The zero-order chi connectivity index (χ0) is 32.3. The summed E-state index contributed by atoms with van der Waals surface area (Å²) in [7, 11) is 2.10. The molecule has 0 saturated carbocycles. The zero-order valence-electron chi connectivity index (χ0n) is 27.0. The van der Waals surface area contributed by atoms with Crippen LogP contribution in [-0.2, 0) is 12.5 Å². The Morgan fingerprint density at radius 2 is 1.14 bits per heavy atom. The van der Waals surface area contributed by atoms with Crippen molar-refractivity contribution < 1.29 is 0 Å². The van der Waals surface area contributed by atoms with Crippen molar-refractivity contribution in [2.75, 3.05) is 0 Å². The molecular formula is C47H30N2. The maximum absolute atomic E-state index is 4.99. The standard InChI is InChI=1S/C47H30N2/c1-49-44-20-9-8-19-43(44)48-46(49)33-13-10-12-30(25-33)31-21-22-32-27-38-42(28-34(32)26-31)47(41-24-23-29-11-2-3-14-35(29)45(38)41)39-17-6-4-15-36(39)37-16-5-7-18-40(37)47/h2-28H,1H3. The Morgan fingerprint density at radius 1 is 0.449 bits per heavy atom. The Kier molecular flexibility index (Phi) is 5.28. The largest absolute Gasteiger partial charge is 0.327 e. The number of nitrogens with zero attached hydrogens (tertiary/aromatic N) is 2. The van der Waals surface area contributed by atoms with Gasteiger partial charge in [0.15, 0.2) is 0 Å². The molecule has 9 aromatic rings. The molecule has 1 aromatic heterocycles. The van der Waals surface area contributed by atoms with E-state index in [4.69, 9.17) is 4.98 Å². The number of imidazole rings is 1. The lowest BCUT2D eigenvalue weighted by atomic mass is 9.70. The molecule has 2 aliphatic rings. The molecule has 8 aromatic carbocycles. The summed E-state index contributed by atoms with van der Waals surface area (Å²) in [4.78, 5) is 4.99. The molecule has 2 aliphatic carbocycles. The minimum absolute atomic E-state index is 0.383. The van der Waals surface area contributed by atoms with Crippen molar-refractivity contribution in [3.63, 3.8) is 0 Å². The fourth-order valence-corrected chi connectivity index (χ4v) is 9.07. The maximum atomic E-state index is 4.99. The van der Waals surface area contributed by atoms with Gasteiger partial charge >= 0.3 is 0 Å². The van der Waals surface area contributed by atoms with Gasteiger partial charge in [0, 0.05) is 12.6 Å². The van der Waals surface area contributed by atoms with E-state index in [0.29, 0.717) is 0 Å². The Bertz CT molecular complexity index is 2810. The molecule has 11 rings (SSSR count). The number of rotatable bonds is 2. The average Bonchev–Trinajstić information content (AvgIpc) is 3.77. The van der Waals surface area contributed by atoms with Crippen molar-refractivity contribution in [3.05, 3.63) is 186 Å². The van der Waals surface area contributed by atoms with Crippen LogP contribution in [0.3, 0.4) is 0 Å². The van der Waals surface area contributed by atoms with Crippen molar-refractivity contribution in [3.8, 4) is 44.8 Å². The molecular weight excluding hydrogens is 593 g/mol. The van der Waals surface area contributed by atoms with E-state index in [0.717, 1.165) is 22.4 Å². The van der Waals surface area contributed by atoms with E-state index in [9.17, 15) is 0 Å². The second-order valence-electron chi connectivity index (χ2n) is 13.6. The van der Waals surface area contributed by atoms with Crippen LogP contribution in [0.2, 0.25) is 0 Å². The smallest absolute Gasteiger partial charge is 0.140 e. The van der Waals surface area contributed by atoms with Gasteiger partial charge in [-0.3, -0.25) is 0 Å². The molecule has 0 bridgehead atoms. The zero-order valence-corrected chi connectivity index (χ0v) is 27.0. The predicted molar refractivity (Wildman–Crippen MR) is 203 cm³/mol. The molecule has 0 N–H and O–H groups in total.